The Kier molecular flexibility index (Phi) is 7.07. The molecule has 1 amide bonds. The maximum atomic E-state index is 13.1. The van der Waals surface area contributed by atoms with Crippen LogP contribution in [0.4, 0.5) is 0 Å². The number of hydrogen-bond acceptors (Lipinski definition) is 5. The molecule has 0 spiro atoms. The molecular formula is C25H25N3O3S. The molecule has 2 aromatic carbocycles. The number of amides is 1. The molecule has 2 heterocycles. The quantitative estimate of drug-likeness (QED) is 0.306. The van der Waals surface area contributed by atoms with Gasteiger partial charge in [-0.15, -0.1) is 0 Å². The van der Waals surface area contributed by atoms with Gasteiger partial charge in [0.25, 0.3) is 5.56 Å². The van der Waals surface area contributed by atoms with Crippen molar-refractivity contribution in [1.29, 1.82) is 0 Å². The fraction of sp³-hybridized carbons (Fsp3) is 0.240. The third-order valence-electron chi connectivity index (χ3n) is 5.17. The molecule has 0 bridgehead atoms. The third-order valence-corrected chi connectivity index (χ3v) is 6.15. The molecule has 0 unspecified atom stereocenters. The van der Waals surface area contributed by atoms with Gasteiger partial charge in [-0.1, -0.05) is 54.2 Å². The summed E-state index contributed by atoms with van der Waals surface area (Å²) < 4.78 is 6.99. The van der Waals surface area contributed by atoms with E-state index in [4.69, 9.17) is 4.42 Å². The number of hydrogen-bond donors (Lipinski definition) is 1. The highest BCUT2D eigenvalue weighted by Gasteiger charge is 2.15. The number of aromatic nitrogens is 2. The zero-order valence-electron chi connectivity index (χ0n) is 17.9. The lowest BCUT2D eigenvalue weighted by molar-refractivity contribution is -0.119. The van der Waals surface area contributed by atoms with Gasteiger partial charge in [-0.25, -0.2) is 4.98 Å². The molecule has 0 radical (unpaired) electrons. The molecule has 32 heavy (non-hydrogen) atoms. The number of thioether (sulfide) groups is 1. The minimum Gasteiger partial charge on any atom is -0.467 e. The van der Waals surface area contributed by atoms with Gasteiger partial charge in [0.2, 0.25) is 5.91 Å². The van der Waals surface area contributed by atoms with Gasteiger partial charge in [-0.2, -0.15) is 0 Å². The number of furan rings is 1. The minimum absolute atomic E-state index is 0.0539. The highest BCUT2D eigenvalue weighted by atomic mass is 32.2. The van der Waals surface area contributed by atoms with Crippen molar-refractivity contribution >= 4 is 28.6 Å². The van der Waals surface area contributed by atoms with E-state index in [-0.39, 0.29) is 29.8 Å². The molecule has 1 atom stereocenters. The number of para-hydroxylation sites is 1. The van der Waals surface area contributed by atoms with Crippen LogP contribution in [-0.4, -0.2) is 27.3 Å². The van der Waals surface area contributed by atoms with Crippen LogP contribution in [0.3, 0.4) is 0 Å². The predicted molar refractivity (Wildman–Crippen MR) is 127 cm³/mol. The summed E-state index contributed by atoms with van der Waals surface area (Å²) in [6, 6.07) is 21.1. The Morgan fingerprint density at radius 3 is 2.66 bits per heavy atom. The maximum absolute atomic E-state index is 13.1. The van der Waals surface area contributed by atoms with Gasteiger partial charge in [0, 0.05) is 6.04 Å². The lowest BCUT2D eigenvalue weighted by Crippen LogP contribution is -2.34. The minimum atomic E-state index is -0.147. The fourth-order valence-corrected chi connectivity index (χ4v) is 4.31. The van der Waals surface area contributed by atoms with Crippen molar-refractivity contribution in [3.05, 3.63) is 94.7 Å². The monoisotopic (exact) mass is 447 g/mol. The molecule has 2 aromatic heterocycles. The summed E-state index contributed by atoms with van der Waals surface area (Å²) in [5.74, 6) is 0.756. The van der Waals surface area contributed by atoms with E-state index >= 15 is 0 Å². The van der Waals surface area contributed by atoms with Crippen molar-refractivity contribution in [3.8, 4) is 0 Å². The highest BCUT2D eigenvalue weighted by Crippen LogP contribution is 2.19. The predicted octanol–water partition coefficient (Wildman–Crippen LogP) is 4.27. The number of nitrogens with one attached hydrogen (secondary N) is 1. The summed E-state index contributed by atoms with van der Waals surface area (Å²) in [5, 5.41) is 4.09. The number of nitrogens with zero attached hydrogens (tertiary/aromatic N) is 2. The number of carbonyl (C=O) groups excluding carboxylic acids is 1. The first-order valence-corrected chi connectivity index (χ1v) is 11.6. The lowest BCUT2D eigenvalue weighted by Gasteiger charge is -2.15. The second-order valence-corrected chi connectivity index (χ2v) is 8.61. The van der Waals surface area contributed by atoms with Crippen molar-refractivity contribution in [1.82, 2.24) is 14.9 Å². The second kappa shape index (κ2) is 10.3. The average Bonchev–Trinajstić information content (AvgIpc) is 3.32. The zero-order valence-corrected chi connectivity index (χ0v) is 18.7. The number of carbonyl (C=O) groups is 1. The Labute approximate surface area is 190 Å². The lowest BCUT2D eigenvalue weighted by atomic mass is 10.1. The smallest absolute Gasteiger partial charge is 0.262 e. The van der Waals surface area contributed by atoms with Gasteiger partial charge >= 0.3 is 0 Å². The molecule has 0 saturated carbocycles. The van der Waals surface area contributed by atoms with Gasteiger partial charge < -0.3 is 9.73 Å². The first-order chi connectivity index (χ1) is 15.6. The number of rotatable bonds is 9. The van der Waals surface area contributed by atoms with E-state index in [0.29, 0.717) is 21.8 Å². The summed E-state index contributed by atoms with van der Waals surface area (Å²) in [6.07, 6.45) is 3.34. The largest absolute Gasteiger partial charge is 0.467 e. The first kappa shape index (κ1) is 21.9. The van der Waals surface area contributed by atoms with E-state index in [9.17, 15) is 9.59 Å². The molecule has 0 aliphatic rings. The summed E-state index contributed by atoms with van der Waals surface area (Å²) in [5.41, 5.74) is 1.73. The summed E-state index contributed by atoms with van der Waals surface area (Å²) in [6.45, 7) is 2.27. The average molecular weight is 448 g/mol. The van der Waals surface area contributed by atoms with Crippen molar-refractivity contribution in [2.75, 3.05) is 5.75 Å². The van der Waals surface area contributed by atoms with Crippen LogP contribution in [0.25, 0.3) is 10.9 Å². The van der Waals surface area contributed by atoms with Crippen LogP contribution in [0.15, 0.2) is 87.4 Å². The van der Waals surface area contributed by atoms with Crippen molar-refractivity contribution in [2.45, 2.75) is 37.5 Å². The summed E-state index contributed by atoms with van der Waals surface area (Å²) in [4.78, 5) is 30.3. The zero-order chi connectivity index (χ0) is 22.3. The summed E-state index contributed by atoms with van der Waals surface area (Å²) >= 11 is 1.26. The number of aryl methyl sites for hydroxylation is 1. The number of benzene rings is 2. The molecule has 0 aliphatic carbocycles. The number of fused-ring (bicyclic) bond motifs is 1. The molecule has 4 rings (SSSR count). The molecule has 6 nitrogen and oxygen atoms in total. The van der Waals surface area contributed by atoms with E-state index in [0.717, 1.165) is 12.8 Å². The standard InChI is InChI=1S/C25H25N3O3S/c1-18(13-14-19-8-3-2-4-9-19)26-23(29)17-32-25-27-22-12-6-5-11-21(22)24(30)28(25)16-20-10-7-15-31-20/h2-12,15,18H,13-14,16-17H2,1H3,(H,26,29)/t18-/m1/s1. The van der Waals surface area contributed by atoms with Crippen molar-refractivity contribution in [2.24, 2.45) is 0 Å². The van der Waals surface area contributed by atoms with Gasteiger partial charge in [-0.3, -0.25) is 14.2 Å². The van der Waals surface area contributed by atoms with Gasteiger partial charge in [0.05, 0.1) is 29.5 Å². The molecular weight excluding hydrogens is 422 g/mol. The Balaban J connectivity index is 1.43. The van der Waals surface area contributed by atoms with Crippen molar-refractivity contribution in [3.63, 3.8) is 0 Å². The Bertz CT molecular complexity index is 1240. The van der Waals surface area contributed by atoms with Gasteiger partial charge in [-0.05, 0) is 49.6 Å². The van der Waals surface area contributed by atoms with E-state index in [1.165, 1.54) is 17.3 Å². The summed E-state index contributed by atoms with van der Waals surface area (Å²) in [7, 11) is 0. The Hall–Kier alpha value is -3.32. The van der Waals surface area contributed by atoms with Gasteiger partial charge in [0.1, 0.15) is 5.76 Å². The van der Waals surface area contributed by atoms with E-state index in [1.807, 2.05) is 49.4 Å². The second-order valence-electron chi connectivity index (χ2n) is 7.66. The molecule has 164 valence electrons. The maximum Gasteiger partial charge on any atom is 0.262 e. The highest BCUT2D eigenvalue weighted by molar-refractivity contribution is 7.99. The van der Waals surface area contributed by atoms with Crippen molar-refractivity contribution < 1.29 is 9.21 Å². The van der Waals surface area contributed by atoms with E-state index < -0.39 is 0 Å². The Morgan fingerprint density at radius 1 is 1.09 bits per heavy atom. The molecule has 0 aliphatic heterocycles. The van der Waals surface area contributed by atoms with Crippen LogP contribution in [0.2, 0.25) is 0 Å². The molecule has 0 saturated heterocycles. The van der Waals surface area contributed by atoms with Crippen LogP contribution in [0.1, 0.15) is 24.7 Å². The van der Waals surface area contributed by atoms with Crippen LogP contribution in [0.5, 0.6) is 0 Å². The first-order valence-electron chi connectivity index (χ1n) is 10.6. The van der Waals surface area contributed by atoms with E-state index in [1.54, 1.807) is 23.0 Å². The van der Waals surface area contributed by atoms with Crippen LogP contribution >= 0.6 is 11.8 Å². The normalized spacial score (nSPS) is 12.0. The molecule has 0 fully saturated rings. The third kappa shape index (κ3) is 5.48. The van der Waals surface area contributed by atoms with Crippen LogP contribution in [0, 0.1) is 0 Å². The van der Waals surface area contributed by atoms with Crippen LogP contribution in [-0.2, 0) is 17.8 Å². The molecule has 1 N–H and O–H groups in total. The van der Waals surface area contributed by atoms with E-state index in [2.05, 4.69) is 22.4 Å². The van der Waals surface area contributed by atoms with Gasteiger partial charge in [0.15, 0.2) is 5.16 Å². The Morgan fingerprint density at radius 2 is 1.88 bits per heavy atom. The SMILES string of the molecule is C[C@H](CCc1ccccc1)NC(=O)CSc1nc2ccccc2c(=O)n1Cc1ccco1. The molecule has 4 aromatic rings. The van der Waals surface area contributed by atoms with Crippen LogP contribution < -0.4 is 10.9 Å². The fourth-order valence-electron chi connectivity index (χ4n) is 3.50. The topological polar surface area (TPSA) is 77.1 Å². The molecule has 7 heteroatoms.